The van der Waals surface area contributed by atoms with Crippen LogP contribution >= 0.6 is 0 Å². The summed E-state index contributed by atoms with van der Waals surface area (Å²) in [5.41, 5.74) is 0.0290. The number of carbonyl (C=O) groups is 3. The van der Waals surface area contributed by atoms with Crippen LogP contribution in [0.15, 0.2) is 12.4 Å². The first-order chi connectivity index (χ1) is 10.8. The molecule has 4 amide bonds. The van der Waals surface area contributed by atoms with Crippen molar-refractivity contribution in [1.82, 2.24) is 24.9 Å². The number of urea groups is 1. The van der Waals surface area contributed by atoms with Crippen molar-refractivity contribution in [1.29, 1.82) is 0 Å². The number of aryl methyl sites for hydroxylation is 1. The Morgan fingerprint density at radius 3 is 2.74 bits per heavy atom. The smallest absolute Gasteiger partial charge is 0.325 e. The standard InChI is InChI=1S/C15H21N5O3/c1-15(2)13(22)20(14(23)17-15)9-12(21)19-6-4-5-11(19)10-7-16-18(3)8-10/h7-8,11H,4-6,9H2,1-3H3,(H,17,23). The highest BCUT2D eigenvalue weighted by Gasteiger charge is 2.45. The van der Waals surface area contributed by atoms with Gasteiger partial charge in [-0.1, -0.05) is 0 Å². The Hall–Kier alpha value is -2.38. The van der Waals surface area contributed by atoms with Crippen LogP contribution in [0.3, 0.4) is 0 Å². The Balaban J connectivity index is 1.73. The highest BCUT2D eigenvalue weighted by Crippen LogP contribution is 2.32. The molecular weight excluding hydrogens is 298 g/mol. The van der Waals surface area contributed by atoms with E-state index < -0.39 is 11.6 Å². The van der Waals surface area contributed by atoms with E-state index in [0.717, 1.165) is 23.3 Å². The Kier molecular flexibility index (Phi) is 3.62. The van der Waals surface area contributed by atoms with Crippen LogP contribution in [0.25, 0.3) is 0 Å². The lowest BCUT2D eigenvalue weighted by molar-refractivity contribution is -0.139. The molecule has 2 aliphatic heterocycles. The van der Waals surface area contributed by atoms with Gasteiger partial charge in [-0.05, 0) is 26.7 Å². The molecule has 3 rings (SSSR count). The molecular formula is C15H21N5O3. The topological polar surface area (TPSA) is 87.5 Å². The van der Waals surface area contributed by atoms with Crippen LogP contribution in [0, 0.1) is 0 Å². The van der Waals surface area contributed by atoms with Gasteiger partial charge in [-0.15, -0.1) is 0 Å². The number of carbonyl (C=O) groups excluding carboxylic acids is 3. The summed E-state index contributed by atoms with van der Waals surface area (Å²) in [5, 5.41) is 6.74. The predicted octanol–water partition coefficient (Wildman–Crippen LogP) is 0.414. The molecule has 23 heavy (non-hydrogen) atoms. The fraction of sp³-hybridized carbons (Fsp3) is 0.600. The summed E-state index contributed by atoms with van der Waals surface area (Å²) in [4.78, 5) is 39.5. The van der Waals surface area contributed by atoms with Crippen molar-refractivity contribution in [3.05, 3.63) is 18.0 Å². The van der Waals surface area contributed by atoms with Crippen LogP contribution in [0.2, 0.25) is 0 Å². The molecule has 124 valence electrons. The van der Waals surface area contributed by atoms with Crippen molar-refractivity contribution in [2.75, 3.05) is 13.1 Å². The zero-order chi connectivity index (χ0) is 16.8. The lowest BCUT2D eigenvalue weighted by Crippen LogP contribution is -2.44. The van der Waals surface area contributed by atoms with E-state index in [-0.39, 0.29) is 24.4 Å². The van der Waals surface area contributed by atoms with Crippen molar-refractivity contribution >= 4 is 17.8 Å². The van der Waals surface area contributed by atoms with Gasteiger partial charge in [0, 0.05) is 25.4 Å². The summed E-state index contributed by atoms with van der Waals surface area (Å²) in [7, 11) is 1.83. The largest absolute Gasteiger partial charge is 0.334 e. The Bertz CT molecular complexity index is 666. The van der Waals surface area contributed by atoms with E-state index in [9.17, 15) is 14.4 Å². The Morgan fingerprint density at radius 2 is 2.17 bits per heavy atom. The van der Waals surface area contributed by atoms with Crippen LogP contribution in [0.1, 0.15) is 38.3 Å². The lowest BCUT2D eigenvalue weighted by atomic mass is 10.1. The minimum absolute atomic E-state index is 0.0371. The highest BCUT2D eigenvalue weighted by molar-refractivity contribution is 6.08. The molecule has 1 unspecified atom stereocenters. The van der Waals surface area contributed by atoms with E-state index in [1.54, 1.807) is 29.6 Å². The molecule has 0 radical (unpaired) electrons. The zero-order valence-corrected chi connectivity index (χ0v) is 13.6. The fourth-order valence-electron chi connectivity index (χ4n) is 3.21. The maximum Gasteiger partial charge on any atom is 0.325 e. The van der Waals surface area contributed by atoms with Gasteiger partial charge in [0.15, 0.2) is 0 Å². The van der Waals surface area contributed by atoms with Gasteiger partial charge < -0.3 is 10.2 Å². The van der Waals surface area contributed by atoms with E-state index in [2.05, 4.69) is 10.4 Å². The van der Waals surface area contributed by atoms with Crippen LogP contribution in [-0.2, 0) is 16.6 Å². The molecule has 0 aliphatic carbocycles. The summed E-state index contributed by atoms with van der Waals surface area (Å²) in [6.07, 6.45) is 5.42. The van der Waals surface area contributed by atoms with Gasteiger partial charge in [0.05, 0.1) is 12.2 Å². The second-order valence-corrected chi connectivity index (χ2v) is 6.64. The average Bonchev–Trinajstić information content (AvgIpc) is 3.14. The molecule has 8 heteroatoms. The summed E-state index contributed by atoms with van der Waals surface area (Å²) >= 11 is 0. The minimum Gasteiger partial charge on any atom is -0.334 e. The highest BCUT2D eigenvalue weighted by atomic mass is 16.2. The number of nitrogens with zero attached hydrogens (tertiary/aromatic N) is 4. The number of nitrogens with one attached hydrogen (secondary N) is 1. The number of likely N-dealkylation sites (tertiary alicyclic amines) is 1. The number of amides is 4. The van der Waals surface area contributed by atoms with Gasteiger partial charge in [0.2, 0.25) is 5.91 Å². The number of aromatic nitrogens is 2. The van der Waals surface area contributed by atoms with Crippen LogP contribution in [0.4, 0.5) is 4.79 Å². The molecule has 1 aromatic rings. The summed E-state index contributed by atoms with van der Waals surface area (Å²) < 4.78 is 1.70. The van der Waals surface area contributed by atoms with Gasteiger partial charge >= 0.3 is 6.03 Å². The third-order valence-corrected chi connectivity index (χ3v) is 4.42. The molecule has 1 aromatic heterocycles. The van der Waals surface area contributed by atoms with Crippen molar-refractivity contribution in [3.63, 3.8) is 0 Å². The number of rotatable bonds is 3. The number of hydrogen-bond donors (Lipinski definition) is 1. The molecule has 2 saturated heterocycles. The van der Waals surface area contributed by atoms with Gasteiger partial charge in [0.25, 0.3) is 5.91 Å². The van der Waals surface area contributed by atoms with Crippen LogP contribution in [-0.4, -0.2) is 56.1 Å². The minimum atomic E-state index is -0.953. The van der Waals surface area contributed by atoms with Gasteiger partial charge in [-0.2, -0.15) is 5.10 Å². The third kappa shape index (κ3) is 2.69. The van der Waals surface area contributed by atoms with E-state index in [0.29, 0.717) is 6.54 Å². The molecule has 3 heterocycles. The Morgan fingerprint density at radius 1 is 1.43 bits per heavy atom. The van der Waals surface area contributed by atoms with Crippen LogP contribution < -0.4 is 5.32 Å². The Labute approximate surface area is 134 Å². The van der Waals surface area contributed by atoms with Crippen molar-refractivity contribution in [2.45, 2.75) is 38.3 Å². The van der Waals surface area contributed by atoms with E-state index >= 15 is 0 Å². The molecule has 1 atom stereocenters. The molecule has 0 saturated carbocycles. The molecule has 0 aromatic carbocycles. The van der Waals surface area contributed by atoms with Crippen molar-refractivity contribution < 1.29 is 14.4 Å². The third-order valence-electron chi connectivity index (χ3n) is 4.42. The summed E-state index contributed by atoms with van der Waals surface area (Å²) in [6.45, 7) is 3.67. The molecule has 0 bridgehead atoms. The second kappa shape index (κ2) is 5.36. The predicted molar refractivity (Wildman–Crippen MR) is 81.2 cm³/mol. The maximum atomic E-state index is 12.6. The van der Waals surface area contributed by atoms with Gasteiger partial charge in [-0.25, -0.2) is 4.79 Å². The normalized spacial score (nSPS) is 23.5. The SMILES string of the molecule is Cn1cc(C2CCCN2C(=O)CN2C(=O)NC(C)(C)C2=O)cn1. The van der Waals surface area contributed by atoms with Gasteiger partial charge in [0.1, 0.15) is 12.1 Å². The monoisotopic (exact) mass is 319 g/mol. The maximum absolute atomic E-state index is 12.6. The van der Waals surface area contributed by atoms with E-state index in [1.807, 2.05) is 13.2 Å². The fourth-order valence-corrected chi connectivity index (χ4v) is 3.21. The molecule has 8 nitrogen and oxygen atoms in total. The number of hydrogen-bond acceptors (Lipinski definition) is 4. The number of imide groups is 1. The molecule has 1 N–H and O–H groups in total. The first-order valence-corrected chi connectivity index (χ1v) is 7.72. The van der Waals surface area contributed by atoms with Gasteiger partial charge in [-0.3, -0.25) is 19.2 Å². The van der Waals surface area contributed by atoms with E-state index in [1.165, 1.54) is 0 Å². The molecule has 2 fully saturated rings. The summed E-state index contributed by atoms with van der Waals surface area (Å²) in [5.74, 6) is -0.578. The molecule has 0 spiro atoms. The second-order valence-electron chi connectivity index (χ2n) is 6.64. The lowest BCUT2D eigenvalue weighted by Gasteiger charge is -2.25. The quantitative estimate of drug-likeness (QED) is 0.818. The zero-order valence-electron chi connectivity index (χ0n) is 13.6. The molecule has 2 aliphatic rings. The van der Waals surface area contributed by atoms with E-state index in [4.69, 9.17) is 0 Å². The first-order valence-electron chi connectivity index (χ1n) is 7.72. The van der Waals surface area contributed by atoms with Crippen LogP contribution in [0.5, 0.6) is 0 Å². The van der Waals surface area contributed by atoms with Crippen molar-refractivity contribution in [3.8, 4) is 0 Å². The summed E-state index contributed by atoms with van der Waals surface area (Å²) in [6, 6.07) is -0.546. The van der Waals surface area contributed by atoms with Crippen molar-refractivity contribution in [2.24, 2.45) is 7.05 Å². The average molecular weight is 319 g/mol. The first kappa shape index (κ1) is 15.5.